The summed E-state index contributed by atoms with van der Waals surface area (Å²) in [5.41, 5.74) is 2.36. The van der Waals surface area contributed by atoms with Crippen molar-refractivity contribution in [2.45, 2.75) is 78.8 Å². The van der Waals surface area contributed by atoms with Gasteiger partial charge in [0.25, 0.3) is 0 Å². The highest BCUT2D eigenvalue weighted by atomic mass is 16.5. The number of aromatic nitrogens is 1. The van der Waals surface area contributed by atoms with E-state index in [1.54, 1.807) is 0 Å². The van der Waals surface area contributed by atoms with Crippen LogP contribution in [0.3, 0.4) is 0 Å². The Kier molecular flexibility index (Phi) is 8.80. The molecule has 30 heavy (non-hydrogen) atoms. The third kappa shape index (κ3) is 7.62. The van der Waals surface area contributed by atoms with E-state index in [1.165, 1.54) is 0 Å². The minimum atomic E-state index is -0.247. The van der Waals surface area contributed by atoms with Gasteiger partial charge in [0.05, 0.1) is 35.6 Å². The SMILES string of the molecule is CCOC(COC(C)(C)C)c1cc(C(COC(C)(C)C)OCC)c2ccccc2n1. The average Bonchev–Trinajstić information content (AvgIpc) is 2.66. The first-order valence-electron chi connectivity index (χ1n) is 10.9. The van der Waals surface area contributed by atoms with Gasteiger partial charge in [-0.05, 0) is 73.1 Å². The molecule has 1 aromatic heterocycles. The molecule has 5 nitrogen and oxygen atoms in total. The molecule has 1 heterocycles. The maximum absolute atomic E-state index is 6.12. The summed E-state index contributed by atoms with van der Waals surface area (Å²) in [6.07, 6.45) is -0.435. The molecule has 168 valence electrons. The Balaban J connectivity index is 2.48. The van der Waals surface area contributed by atoms with Crippen LogP contribution in [-0.4, -0.2) is 42.6 Å². The summed E-state index contributed by atoms with van der Waals surface area (Å²) in [6, 6.07) is 10.3. The second kappa shape index (κ2) is 10.7. The van der Waals surface area contributed by atoms with E-state index in [4.69, 9.17) is 23.9 Å². The number of nitrogens with zero attached hydrogens (tertiary/aromatic N) is 1. The monoisotopic (exact) mass is 417 g/mol. The van der Waals surface area contributed by atoms with E-state index >= 15 is 0 Å². The van der Waals surface area contributed by atoms with Gasteiger partial charge in [0.2, 0.25) is 0 Å². The molecule has 0 aliphatic carbocycles. The molecule has 2 aromatic rings. The van der Waals surface area contributed by atoms with Crippen molar-refractivity contribution in [2.24, 2.45) is 0 Å². The lowest BCUT2D eigenvalue weighted by molar-refractivity contribution is -0.0744. The number of rotatable bonds is 10. The Hall–Kier alpha value is -1.53. The van der Waals surface area contributed by atoms with E-state index < -0.39 is 0 Å². The van der Waals surface area contributed by atoms with Crippen LogP contribution in [0.5, 0.6) is 0 Å². The highest BCUT2D eigenvalue weighted by Crippen LogP contribution is 2.31. The van der Waals surface area contributed by atoms with Crippen LogP contribution >= 0.6 is 0 Å². The van der Waals surface area contributed by atoms with Crippen LogP contribution in [0.25, 0.3) is 10.9 Å². The number of para-hydroxylation sites is 1. The van der Waals surface area contributed by atoms with E-state index in [-0.39, 0.29) is 23.4 Å². The summed E-state index contributed by atoms with van der Waals surface area (Å²) in [7, 11) is 0. The molecule has 0 spiro atoms. The zero-order valence-corrected chi connectivity index (χ0v) is 20.0. The standard InChI is InChI=1S/C25H39NO4/c1-9-27-22(16-29-24(3,4)5)19-15-21(26-20-14-12-11-13-18(19)20)23(28-10-2)17-30-25(6,7)8/h11-15,22-23H,9-10,16-17H2,1-8H3. The van der Waals surface area contributed by atoms with Crippen LogP contribution in [-0.2, 0) is 18.9 Å². The highest BCUT2D eigenvalue weighted by molar-refractivity contribution is 5.82. The van der Waals surface area contributed by atoms with Crippen LogP contribution in [0.15, 0.2) is 30.3 Å². The number of hydrogen-bond acceptors (Lipinski definition) is 5. The van der Waals surface area contributed by atoms with E-state index in [1.807, 2.05) is 52.8 Å². The van der Waals surface area contributed by atoms with Crippen molar-refractivity contribution in [3.63, 3.8) is 0 Å². The van der Waals surface area contributed by atoms with E-state index in [2.05, 4.69) is 32.9 Å². The predicted molar refractivity (Wildman–Crippen MR) is 122 cm³/mol. The van der Waals surface area contributed by atoms with Gasteiger partial charge < -0.3 is 18.9 Å². The largest absolute Gasteiger partial charge is 0.373 e. The van der Waals surface area contributed by atoms with Crippen molar-refractivity contribution in [3.8, 4) is 0 Å². The molecular weight excluding hydrogens is 378 g/mol. The minimum Gasteiger partial charge on any atom is -0.373 e. The molecule has 0 fully saturated rings. The minimum absolute atomic E-state index is 0.188. The van der Waals surface area contributed by atoms with Gasteiger partial charge >= 0.3 is 0 Å². The smallest absolute Gasteiger partial charge is 0.123 e. The molecule has 0 saturated carbocycles. The zero-order valence-electron chi connectivity index (χ0n) is 20.0. The predicted octanol–water partition coefficient (Wildman–Crippen LogP) is 6.02. The van der Waals surface area contributed by atoms with Gasteiger partial charge in [-0.1, -0.05) is 18.2 Å². The Bertz CT molecular complexity index is 792. The first kappa shape index (κ1) is 24.7. The molecule has 0 bridgehead atoms. The molecule has 0 radical (unpaired) electrons. The lowest BCUT2D eigenvalue weighted by atomic mass is 10.0. The maximum atomic E-state index is 6.12. The van der Waals surface area contributed by atoms with Gasteiger partial charge in [-0.25, -0.2) is 4.98 Å². The van der Waals surface area contributed by atoms with Gasteiger partial charge in [-0.2, -0.15) is 0 Å². The van der Waals surface area contributed by atoms with Gasteiger partial charge in [-0.3, -0.25) is 0 Å². The quantitative estimate of drug-likeness (QED) is 0.473. The van der Waals surface area contributed by atoms with Crippen molar-refractivity contribution < 1.29 is 18.9 Å². The third-order valence-corrected chi connectivity index (χ3v) is 4.52. The van der Waals surface area contributed by atoms with Crippen LogP contribution in [0, 0.1) is 0 Å². The Morgan fingerprint density at radius 2 is 1.33 bits per heavy atom. The number of benzene rings is 1. The lowest BCUT2D eigenvalue weighted by Crippen LogP contribution is -2.25. The van der Waals surface area contributed by atoms with Gasteiger partial charge in [-0.15, -0.1) is 0 Å². The zero-order chi connectivity index (χ0) is 22.4. The molecule has 2 atom stereocenters. The van der Waals surface area contributed by atoms with Crippen LogP contribution in [0.2, 0.25) is 0 Å². The second-order valence-corrected chi connectivity index (χ2v) is 9.39. The van der Waals surface area contributed by atoms with Gasteiger partial charge in [0, 0.05) is 18.6 Å². The Morgan fingerprint density at radius 1 is 0.800 bits per heavy atom. The number of pyridine rings is 1. The summed E-state index contributed by atoms with van der Waals surface area (Å²) in [5.74, 6) is 0. The summed E-state index contributed by atoms with van der Waals surface area (Å²) < 4.78 is 24.3. The van der Waals surface area contributed by atoms with Gasteiger partial charge in [0.1, 0.15) is 12.2 Å². The first-order valence-corrected chi connectivity index (χ1v) is 10.9. The third-order valence-electron chi connectivity index (χ3n) is 4.52. The van der Waals surface area contributed by atoms with Crippen molar-refractivity contribution in [1.29, 1.82) is 0 Å². The summed E-state index contributed by atoms with van der Waals surface area (Å²) >= 11 is 0. The first-order chi connectivity index (χ1) is 14.0. The molecule has 0 amide bonds. The van der Waals surface area contributed by atoms with Crippen molar-refractivity contribution in [1.82, 2.24) is 4.98 Å². The van der Waals surface area contributed by atoms with Crippen LogP contribution in [0.4, 0.5) is 0 Å². The fourth-order valence-corrected chi connectivity index (χ4v) is 3.16. The molecule has 2 rings (SSSR count). The van der Waals surface area contributed by atoms with E-state index in [0.29, 0.717) is 26.4 Å². The molecule has 5 heteroatoms. The molecular formula is C25H39NO4. The fourth-order valence-electron chi connectivity index (χ4n) is 3.16. The second-order valence-electron chi connectivity index (χ2n) is 9.39. The maximum Gasteiger partial charge on any atom is 0.123 e. The number of ether oxygens (including phenoxy) is 4. The van der Waals surface area contributed by atoms with Crippen molar-refractivity contribution in [3.05, 3.63) is 41.6 Å². The molecule has 0 saturated heterocycles. The molecule has 2 unspecified atom stereocenters. The number of hydrogen-bond donors (Lipinski definition) is 0. The summed E-state index contributed by atoms with van der Waals surface area (Å²) in [4.78, 5) is 4.91. The molecule has 0 aliphatic rings. The Morgan fingerprint density at radius 3 is 1.90 bits per heavy atom. The lowest BCUT2D eigenvalue weighted by Gasteiger charge is -2.27. The van der Waals surface area contributed by atoms with E-state index in [0.717, 1.165) is 22.2 Å². The molecule has 1 aromatic carbocycles. The normalized spacial score (nSPS) is 14.8. The highest BCUT2D eigenvalue weighted by Gasteiger charge is 2.24. The Labute approximate surface area is 182 Å². The van der Waals surface area contributed by atoms with Crippen molar-refractivity contribution >= 4 is 10.9 Å². The number of fused-ring (bicyclic) bond motifs is 1. The van der Waals surface area contributed by atoms with E-state index in [9.17, 15) is 0 Å². The topological polar surface area (TPSA) is 49.8 Å². The molecule has 0 N–H and O–H groups in total. The molecule has 0 aliphatic heterocycles. The van der Waals surface area contributed by atoms with Crippen LogP contribution < -0.4 is 0 Å². The average molecular weight is 418 g/mol. The van der Waals surface area contributed by atoms with Gasteiger partial charge in [0.15, 0.2) is 0 Å². The summed E-state index contributed by atoms with van der Waals surface area (Å²) in [5, 5.41) is 1.07. The summed E-state index contributed by atoms with van der Waals surface area (Å²) in [6.45, 7) is 18.4. The van der Waals surface area contributed by atoms with Crippen LogP contribution in [0.1, 0.15) is 78.9 Å². The van der Waals surface area contributed by atoms with Crippen molar-refractivity contribution in [2.75, 3.05) is 26.4 Å². The fraction of sp³-hybridized carbons (Fsp3) is 0.640.